The lowest BCUT2D eigenvalue weighted by Crippen LogP contribution is -1.88. The van der Waals surface area contributed by atoms with E-state index in [0.717, 1.165) is 16.7 Å². The fraction of sp³-hybridized carbons (Fsp3) is 0.222. The quantitative estimate of drug-likeness (QED) is 0.669. The van der Waals surface area contributed by atoms with Crippen molar-refractivity contribution in [1.82, 2.24) is 9.97 Å². The summed E-state index contributed by atoms with van der Waals surface area (Å²) in [6.45, 7) is 1.73. The van der Waals surface area contributed by atoms with Crippen LogP contribution >= 0.6 is 0 Å². The van der Waals surface area contributed by atoms with Gasteiger partial charge in [-0.05, 0) is 25.1 Å². The Bertz CT molecular complexity index is 359. The molecule has 1 atom stereocenters. The number of aromatic amines is 1. The van der Waals surface area contributed by atoms with Crippen LogP contribution in [0.4, 0.5) is 0 Å². The third-order valence-electron chi connectivity index (χ3n) is 1.86. The molecule has 0 spiro atoms. The third-order valence-corrected chi connectivity index (χ3v) is 1.86. The van der Waals surface area contributed by atoms with Crippen molar-refractivity contribution in [3.8, 4) is 0 Å². The Balaban J connectivity index is 2.62. The zero-order chi connectivity index (χ0) is 8.55. The van der Waals surface area contributed by atoms with Gasteiger partial charge in [-0.1, -0.05) is 0 Å². The highest BCUT2D eigenvalue weighted by molar-refractivity contribution is 5.75. The fourth-order valence-electron chi connectivity index (χ4n) is 1.20. The Kier molecular flexibility index (Phi) is 1.59. The molecule has 1 unspecified atom stereocenters. The monoisotopic (exact) mass is 162 g/mol. The maximum atomic E-state index is 9.27. The van der Waals surface area contributed by atoms with Gasteiger partial charge in [-0.3, -0.25) is 4.98 Å². The van der Waals surface area contributed by atoms with E-state index in [0.29, 0.717) is 0 Å². The lowest BCUT2D eigenvalue weighted by molar-refractivity contribution is 0.195. The van der Waals surface area contributed by atoms with E-state index in [1.807, 2.05) is 18.2 Å². The van der Waals surface area contributed by atoms with E-state index < -0.39 is 6.10 Å². The number of hydrogen-bond acceptors (Lipinski definition) is 2. The Labute approximate surface area is 70.1 Å². The minimum absolute atomic E-state index is 0.459. The fourth-order valence-corrected chi connectivity index (χ4v) is 1.20. The van der Waals surface area contributed by atoms with Gasteiger partial charge in [-0.15, -0.1) is 0 Å². The molecule has 2 rings (SSSR count). The van der Waals surface area contributed by atoms with Gasteiger partial charge in [0.15, 0.2) is 0 Å². The van der Waals surface area contributed by atoms with Gasteiger partial charge < -0.3 is 10.1 Å². The molecule has 2 heterocycles. The van der Waals surface area contributed by atoms with E-state index in [2.05, 4.69) is 9.97 Å². The highest BCUT2D eigenvalue weighted by atomic mass is 16.3. The molecule has 0 aliphatic heterocycles. The molecular formula is C9H10N2O. The van der Waals surface area contributed by atoms with Crippen LogP contribution in [0.25, 0.3) is 11.0 Å². The summed E-state index contributed by atoms with van der Waals surface area (Å²) in [7, 11) is 0. The van der Waals surface area contributed by atoms with Gasteiger partial charge in [-0.25, -0.2) is 0 Å². The van der Waals surface area contributed by atoms with Crippen molar-refractivity contribution < 1.29 is 5.11 Å². The molecule has 0 bridgehead atoms. The molecule has 2 aromatic heterocycles. The molecule has 2 N–H and O–H groups in total. The summed E-state index contributed by atoms with van der Waals surface area (Å²) in [4.78, 5) is 7.22. The molecule has 0 aromatic carbocycles. The van der Waals surface area contributed by atoms with Gasteiger partial charge in [0.2, 0.25) is 0 Å². The summed E-state index contributed by atoms with van der Waals surface area (Å²) in [5, 5.41) is 9.27. The van der Waals surface area contributed by atoms with E-state index in [4.69, 9.17) is 0 Å². The Morgan fingerprint density at radius 1 is 1.58 bits per heavy atom. The van der Waals surface area contributed by atoms with Crippen LogP contribution in [0.3, 0.4) is 0 Å². The smallest absolute Gasteiger partial charge is 0.0910 e. The van der Waals surface area contributed by atoms with Crippen molar-refractivity contribution in [2.45, 2.75) is 13.0 Å². The van der Waals surface area contributed by atoms with Crippen LogP contribution in [0, 0.1) is 0 Å². The normalized spacial score (nSPS) is 13.5. The van der Waals surface area contributed by atoms with E-state index >= 15 is 0 Å². The molecule has 0 aliphatic rings. The first kappa shape index (κ1) is 7.31. The molecule has 0 radical (unpaired) electrons. The average Bonchev–Trinajstić information content (AvgIpc) is 2.46. The summed E-state index contributed by atoms with van der Waals surface area (Å²) in [6, 6.07) is 5.67. The predicted molar refractivity (Wildman–Crippen MR) is 46.7 cm³/mol. The number of rotatable bonds is 1. The number of fused-ring (bicyclic) bond motifs is 1. The van der Waals surface area contributed by atoms with Crippen molar-refractivity contribution in [2.75, 3.05) is 0 Å². The second-order valence-corrected chi connectivity index (χ2v) is 2.84. The standard InChI is InChI=1S/C9H10N2O/c1-6(12)8-5-9-7(11-8)3-2-4-10-9/h2-6,11-12H,1H3. The summed E-state index contributed by atoms with van der Waals surface area (Å²) in [5.74, 6) is 0. The highest BCUT2D eigenvalue weighted by Crippen LogP contribution is 2.16. The molecule has 3 nitrogen and oxygen atoms in total. The lowest BCUT2D eigenvalue weighted by atomic mass is 10.3. The average molecular weight is 162 g/mol. The molecule has 2 aromatic rings. The van der Waals surface area contributed by atoms with Crippen LogP contribution in [-0.4, -0.2) is 15.1 Å². The van der Waals surface area contributed by atoms with Crippen LogP contribution < -0.4 is 0 Å². The van der Waals surface area contributed by atoms with Gasteiger partial charge in [0, 0.05) is 11.9 Å². The second-order valence-electron chi connectivity index (χ2n) is 2.84. The minimum Gasteiger partial charge on any atom is -0.387 e. The van der Waals surface area contributed by atoms with Crippen LogP contribution in [-0.2, 0) is 0 Å². The molecule has 0 amide bonds. The number of aromatic nitrogens is 2. The molecule has 0 fully saturated rings. The first-order valence-corrected chi connectivity index (χ1v) is 3.89. The molecule has 3 heteroatoms. The number of aliphatic hydroxyl groups excluding tert-OH is 1. The number of nitrogens with zero attached hydrogens (tertiary/aromatic N) is 1. The van der Waals surface area contributed by atoms with Gasteiger partial charge in [0.1, 0.15) is 0 Å². The van der Waals surface area contributed by atoms with Gasteiger partial charge in [-0.2, -0.15) is 0 Å². The van der Waals surface area contributed by atoms with Crippen molar-refractivity contribution in [3.05, 3.63) is 30.1 Å². The molecule has 12 heavy (non-hydrogen) atoms. The molecule has 0 saturated carbocycles. The number of H-pyrrole nitrogens is 1. The minimum atomic E-state index is -0.459. The summed E-state index contributed by atoms with van der Waals surface area (Å²) < 4.78 is 0. The number of pyridine rings is 1. The molecule has 0 saturated heterocycles. The topological polar surface area (TPSA) is 48.9 Å². The summed E-state index contributed by atoms with van der Waals surface area (Å²) >= 11 is 0. The maximum absolute atomic E-state index is 9.27. The van der Waals surface area contributed by atoms with E-state index in [9.17, 15) is 5.11 Å². The number of nitrogens with one attached hydrogen (secondary N) is 1. The first-order chi connectivity index (χ1) is 5.77. The summed E-state index contributed by atoms with van der Waals surface area (Å²) in [6.07, 6.45) is 1.28. The van der Waals surface area contributed by atoms with E-state index in [1.165, 1.54) is 0 Å². The SMILES string of the molecule is CC(O)c1cc2ncccc2[nH]1. The zero-order valence-electron chi connectivity index (χ0n) is 6.78. The Hall–Kier alpha value is -1.35. The van der Waals surface area contributed by atoms with Gasteiger partial charge >= 0.3 is 0 Å². The van der Waals surface area contributed by atoms with Gasteiger partial charge in [0.05, 0.1) is 17.1 Å². The largest absolute Gasteiger partial charge is 0.387 e. The van der Waals surface area contributed by atoms with E-state index in [1.54, 1.807) is 13.1 Å². The van der Waals surface area contributed by atoms with Gasteiger partial charge in [0.25, 0.3) is 0 Å². The number of aliphatic hydroxyl groups is 1. The Morgan fingerprint density at radius 3 is 3.08 bits per heavy atom. The number of hydrogen-bond donors (Lipinski definition) is 2. The summed E-state index contributed by atoms with van der Waals surface area (Å²) in [5.41, 5.74) is 2.67. The third kappa shape index (κ3) is 1.08. The maximum Gasteiger partial charge on any atom is 0.0910 e. The van der Waals surface area contributed by atoms with Crippen LogP contribution in [0.15, 0.2) is 24.4 Å². The van der Waals surface area contributed by atoms with Crippen LogP contribution in [0.5, 0.6) is 0 Å². The highest BCUT2D eigenvalue weighted by Gasteiger charge is 2.04. The van der Waals surface area contributed by atoms with Crippen molar-refractivity contribution >= 4 is 11.0 Å². The molecular weight excluding hydrogens is 152 g/mol. The predicted octanol–water partition coefficient (Wildman–Crippen LogP) is 1.62. The first-order valence-electron chi connectivity index (χ1n) is 3.89. The zero-order valence-corrected chi connectivity index (χ0v) is 6.78. The molecule has 0 aliphatic carbocycles. The Morgan fingerprint density at radius 2 is 2.42 bits per heavy atom. The lowest BCUT2D eigenvalue weighted by Gasteiger charge is -1.96. The van der Waals surface area contributed by atoms with E-state index in [-0.39, 0.29) is 0 Å². The van der Waals surface area contributed by atoms with Crippen LogP contribution in [0.2, 0.25) is 0 Å². The van der Waals surface area contributed by atoms with Crippen molar-refractivity contribution in [3.63, 3.8) is 0 Å². The second kappa shape index (κ2) is 2.60. The molecule has 62 valence electrons. The van der Waals surface area contributed by atoms with Crippen LogP contribution in [0.1, 0.15) is 18.7 Å². The van der Waals surface area contributed by atoms with Crippen molar-refractivity contribution in [2.24, 2.45) is 0 Å². The van der Waals surface area contributed by atoms with Crippen molar-refractivity contribution in [1.29, 1.82) is 0 Å².